The predicted octanol–water partition coefficient (Wildman–Crippen LogP) is 4.21. The van der Waals surface area contributed by atoms with E-state index in [0.29, 0.717) is 6.04 Å². The topological polar surface area (TPSA) is 3.24 Å². The second kappa shape index (κ2) is 6.36. The first kappa shape index (κ1) is 13.7. The maximum Gasteiger partial charge on any atom is 0.124 e. The molecule has 0 spiro atoms. The van der Waals surface area contributed by atoms with Crippen molar-refractivity contribution in [2.24, 2.45) is 0 Å². The number of nitrogens with zero attached hydrogens (tertiary/aromatic N) is 1. The highest BCUT2D eigenvalue weighted by Crippen LogP contribution is 2.17. The van der Waals surface area contributed by atoms with Gasteiger partial charge in [-0.3, -0.25) is 4.90 Å². The molecule has 0 atom stereocenters. The standard InChI is InChI=1S/C13H19BrFN/c1-4-5-16(10(2)3)9-11-6-12(14)8-13(15)7-11/h6-8,10H,4-5,9H2,1-3H3. The summed E-state index contributed by atoms with van der Waals surface area (Å²) < 4.78 is 14.0. The molecule has 0 saturated carbocycles. The van der Waals surface area contributed by atoms with Crippen molar-refractivity contribution in [2.75, 3.05) is 6.54 Å². The van der Waals surface area contributed by atoms with E-state index in [1.807, 2.05) is 6.07 Å². The van der Waals surface area contributed by atoms with E-state index in [0.717, 1.165) is 29.5 Å². The molecule has 1 nitrogen and oxygen atoms in total. The maximum atomic E-state index is 13.2. The lowest BCUT2D eigenvalue weighted by molar-refractivity contribution is 0.213. The summed E-state index contributed by atoms with van der Waals surface area (Å²) in [5.41, 5.74) is 1.02. The Morgan fingerprint density at radius 1 is 1.31 bits per heavy atom. The van der Waals surface area contributed by atoms with Gasteiger partial charge in [-0.15, -0.1) is 0 Å². The molecular weight excluding hydrogens is 269 g/mol. The fraction of sp³-hybridized carbons (Fsp3) is 0.538. The van der Waals surface area contributed by atoms with Crippen LogP contribution in [0.25, 0.3) is 0 Å². The van der Waals surface area contributed by atoms with Gasteiger partial charge in [-0.1, -0.05) is 22.9 Å². The van der Waals surface area contributed by atoms with Crippen LogP contribution in [0.2, 0.25) is 0 Å². The third kappa shape index (κ3) is 4.22. The number of rotatable bonds is 5. The highest BCUT2D eigenvalue weighted by molar-refractivity contribution is 9.10. The molecule has 1 aromatic rings. The molecule has 0 heterocycles. The van der Waals surface area contributed by atoms with Gasteiger partial charge in [-0.25, -0.2) is 4.39 Å². The smallest absolute Gasteiger partial charge is 0.124 e. The average molecular weight is 288 g/mol. The molecule has 0 aliphatic carbocycles. The molecule has 90 valence electrons. The second-order valence-electron chi connectivity index (χ2n) is 4.34. The maximum absolute atomic E-state index is 13.2. The van der Waals surface area contributed by atoms with Crippen LogP contribution in [0.4, 0.5) is 4.39 Å². The number of hydrogen-bond donors (Lipinski definition) is 0. The van der Waals surface area contributed by atoms with Gasteiger partial charge in [-0.05, 0) is 50.6 Å². The zero-order chi connectivity index (χ0) is 12.1. The normalized spacial score (nSPS) is 11.4. The van der Waals surface area contributed by atoms with Crippen molar-refractivity contribution in [3.63, 3.8) is 0 Å². The Balaban J connectivity index is 2.76. The lowest BCUT2D eigenvalue weighted by atomic mass is 10.2. The molecular formula is C13H19BrFN. The van der Waals surface area contributed by atoms with E-state index in [9.17, 15) is 4.39 Å². The molecule has 0 aliphatic rings. The monoisotopic (exact) mass is 287 g/mol. The van der Waals surface area contributed by atoms with Crippen LogP contribution in [0.1, 0.15) is 32.8 Å². The Labute approximate surface area is 106 Å². The van der Waals surface area contributed by atoms with Crippen LogP contribution in [-0.4, -0.2) is 17.5 Å². The van der Waals surface area contributed by atoms with Crippen molar-refractivity contribution in [1.29, 1.82) is 0 Å². The fourth-order valence-electron chi connectivity index (χ4n) is 1.74. The minimum atomic E-state index is -0.176. The number of hydrogen-bond acceptors (Lipinski definition) is 1. The van der Waals surface area contributed by atoms with Crippen molar-refractivity contribution >= 4 is 15.9 Å². The predicted molar refractivity (Wildman–Crippen MR) is 69.9 cm³/mol. The summed E-state index contributed by atoms with van der Waals surface area (Å²) in [5, 5.41) is 0. The van der Waals surface area contributed by atoms with E-state index in [2.05, 4.69) is 41.6 Å². The van der Waals surface area contributed by atoms with E-state index < -0.39 is 0 Å². The summed E-state index contributed by atoms with van der Waals surface area (Å²) in [7, 11) is 0. The molecule has 1 aromatic carbocycles. The van der Waals surface area contributed by atoms with Crippen LogP contribution in [0, 0.1) is 5.82 Å². The summed E-state index contributed by atoms with van der Waals surface area (Å²) in [6.45, 7) is 8.36. The highest BCUT2D eigenvalue weighted by atomic mass is 79.9. The summed E-state index contributed by atoms with van der Waals surface area (Å²) in [5.74, 6) is -0.176. The van der Waals surface area contributed by atoms with E-state index in [-0.39, 0.29) is 5.82 Å². The Morgan fingerprint density at radius 3 is 2.50 bits per heavy atom. The summed E-state index contributed by atoms with van der Waals surface area (Å²) >= 11 is 3.32. The van der Waals surface area contributed by atoms with Crippen LogP contribution in [-0.2, 0) is 6.54 Å². The summed E-state index contributed by atoms with van der Waals surface area (Å²) in [6.07, 6.45) is 1.12. The van der Waals surface area contributed by atoms with E-state index in [1.54, 1.807) is 6.07 Å². The van der Waals surface area contributed by atoms with Gasteiger partial charge in [0.25, 0.3) is 0 Å². The molecule has 0 saturated heterocycles. The zero-order valence-corrected chi connectivity index (χ0v) is 11.7. The second-order valence-corrected chi connectivity index (χ2v) is 5.26. The van der Waals surface area contributed by atoms with Crippen molar-refractivity contribution in [3.05, 3.63) is 34.1 Å². The van der Waals surface area contributed by atoms with Crippen LogP contribution in [0.5, 0.6) is 0 Å². The summed E-state index contributed by atoms with van der Waals surface area (Å²) in [4.78, 5) is 2.35. The van der Waals surface area contributed by atoms with Crippen LogP contribution >= 0.6 is 15.9 Å². The molecule has 0 amide bonds. The molecule has 3 heteroatoms. The van der Waals surface area contributed by atoms with Crippen molar-refractivity contribution in [1.82, 2.24) is 4.90 Å². The van der Waals surface area contributed by atoms with Crippen LogP contribution in [0.15, 0.2) is 22.7 Å². The minimum Gasteiger partial charge on any atom is -0.297 e. The average Bonchev–Trinajstić information content (AvgIpc) is 2.15. The van der Waals surface area contributed by atoms with Gasteiger partial charge in [-0.2, -0.15) is 0 Å². The largest absolute Gasteiger partial charge is 0.297 e. The molecule has 0 aliphatic heterocycles. The third-order valence-electron chi connectivity index (χ3n) is 2.55. The third-order valence-corrected chi connectivity index (χ3v) is 3.01. The highest BCUT2D eigenvalue weighted by Gasteiger charge is 2.09. The number of benzene rings is 1. The van der Waals surface area contributed by atoms with Gasteiger partial charge in [0.2, 0.25) is 0 Å². The quantitative estimate of drug-likeness (QED) is 0.784. The Morgan fingerprint density at radius 2 is 2.00 bits per heavy atom. The molecule has 16 heavy (non-hydrogen) atoms. The molecule has 0 unspecified atom stereocenters. The molecule has 1 rings (SSSR count). The molecule has 0 N–H and O–H groups in total. The molecule has 0 bridgehead atoms. The van der Waals surface area contributed by atoms with E-state index in [4.69, 9.17) is 0 Å². The minimum absolute atomic E-state index is 0.176. The van der Waals surface area contributed by atoms with Gasteiger partial charge in [0, 0.05) is 17.1 Å². The van der Waals surface area contributed by atoms with E-state index >= 15 is 0 Å². The first-order chi connectivity index (χ1) is 7.52. The lowest BCUT2D eigenvalue weighted by Crippen LogP contribution is -2.31. The van der Waals surface area contributed by atoms with Crippen molar-refractivity contribution < 1.29 is 4.39 Å². The van der Waals surface area contributed by atoms with Gasteiger partial charge in [0.1, 0.15) is 5.82 Å². The zero-order valence-electron chi connectivity index (χ0n) is 10.1. The van der Waals surface area contributed by atoms with Gasteiger partial charge in [0.05, 0.1) is 0 Å². The Hall–Kier alpha value is -0.410. The van der Waals surface area contributed by atoms with Crippen LogP contribution < -0.4 is 0 Å². The SMILES string of the molecule is CCCN(Cc1cc(F)cc(Br)c1)C(C)C. The van der Waals surface area contributed by atoms with Crippen molar-refractivity contribution in [2.45, 2.75) is 39.8 Å². The Bertz CT molecular complexity index is 318. The Kier molecular flexibility index (Phi) is 5.42. The fourth-order valence-corrected chi connectivity index (χ4v) is 2.26. The first-order valence-corrected chi connectivity index (χ1v) is 6.51. The molecule has 0 radical (unpaired) electrons. The molecule has 0 aromatic heterocycles. The van der Waals surface area contributed by atoms with Crippen LogP contribution in [0.3, 0.4) is 0 Å². The summed E-state index contributed by atoms with van der Waals surface area (Å²) in [6, 6.07) is 5.56. The van der Waals surface area contributed by atoms with E-state index in [1.165, 1.54) is 6.07 Å². The van der Waals surface area contributed by atoms with Crippen molar-refractivity contribution in [3.8, 4) is 0 Å². The van der Waals surface area contributed by atoms with Gasteiger partial charge < -0.3 is 0 Å². The lowest BCUT2D eigenvalue weighted by Gasteiger charge is -2.26. The first-order valence-electron chi connectivity index (χ1n) is 5.72. The van der Waals surface area contributed by atoms with Gasteiger partial charge in [0.15, 0.2) is 0 Å². The number of halogens is 2. The molecule has 0 fully saturated rings. The van der Waals surface area contributed by atoms with Gasteiger partial charge >= 0.3 is 0 Å².